The highest BCUT2D eigenvalue weighted by Gasteiger charge is 2.10. The summed E-state index contributed by atoms with van der Waals surface area (Å²) < 4.78 is 9.60. The van der Waals surface area contributed by atoms with E-state index in [4.69, 9.17) is 4.74 Å². The molecule has 0 heterocycles. The minimum absolute atomic E-state index is 0.180. The van der Waals surface area contributed by atoms with Gasteiger partial charge in [0.25, 0.3) is 0 Å². The number of hydrogen-bond acceptors (Lipinski definition) is 4. The van der Waals surface area contributed by atoms with Crippen LogP contribution in [0.1, 0.15) is 24.2 Å². The molecule has 0 aliphatic carbocycles. The lowest BCUT2D eigenvalue weighted by molar-refractivity contribution is -0.137. The van der Waals surface area contributed by atoms with Gasteiger partial charge in [-0.3, -0.25) is 4.79 Å². The molecular weight excluding hydrogens is 208 g/mol. The fraction of sp³-hybridized carbons (Fsp3) is 0.333. The summed E-state index contributed by atoms with van der Waals surface area (Å²) in [6.07, 6.45) is 0. The molecule has 0 bridgehead atoms. The van der Waals surface area contributed by atoms with E-state index in [1.807, 2.05) is 0 Å². The third-order valence-electron chi connectivity index (χ3n) is 1.97. The van der Waals surface area contributed by atoms with Crippen LogP contribution in [0.25, 0.3) is 0 Å². The predicted molar refractivity (Wildman–Crippen MR) is 58.3 cm³/mol. The summed E-state index contributed by atoms with van der Waals surface area (Å²) in [5.41, 5.74) is 0.423. The van der Waals surface area contributed by atoms with Crippen molar-refractivity contribution in [2.24, 2.45) is 5.92 Å². The Hall–Kier alpha value is -1.84. The zero-order valence-corrected chi connectivity index (χ0v) is 9.52. The van der Waals surface area contributed by atoms with Crippen LogP contribution in [-0.2, 0) is 9.53 Å². The number of carbonyl (C=O) groups is 2. The fourth-order valence-electron chi connectivity index (χ4n) is 1.01. The first-order valence-corrected chi connectivity index (χ1v) is 4.94. The Kier molecular flexibility index (Phi) is 4.05. The molecule has 0 aromatic heterocycles. The molecule has 0 fully saturated rings. The molecule has 0 aliphatic rings. The summed E-state index contributed by atoms with van der Waals surface area (Å²) in [6, 6.07) is 6.22. The molecule has 0 aliphatic heterocycles. The molecule has 0 atom stereocenters. The van der Waals surface area contributed by atoms with E-state index >= 15 is 0 Å². The van der Waals surface area contributed by atoms with E-state index in [-0.39, 0.29) is 11.9 Å². The van der Waals surface area contributed by atoms with Gasteiger partial charge in [0.2, 0.25) is 0 Å². The van der Waals surface area contributed by atoms with Gasteiger partial charge in [0.15, 0.2) is 0 Å². The smallest absolute Gasteiger partial charge is 0.337 e. The lowest BCUT2D eigenvalue weighted by atomic mass is 10.2. The minimum Gasteiger partial charge on any atom is -0.465 e. The van der Waals surface area contributed by atoms with Gasteiger partial charge in [-0.1, -0.05) is 13.8 Å². The van der Waals surface area contributed by atoms with Gasteiger partial charge in [0, 0.05) is 0 Å². The second-order valence-corrected chi connectivity index (χ2v) is 3.59. The normalized spacial score (nSPS) is 10.0. The topological polar surface area (TPSA) is 52.6 Å². The Labute approximate surface area is 94.2 Å². The number of esters is 2. The Balaban J connectivity index is 2.72. The number of methoxy groups -OCH3 is 1. The van der Waals surface area contributed by atoms with Crippen LogP contribution >= 0.6 is 0 Å². The Morgan fingerprint density at radius 1 is 1.12 bits per heavy atom. The fourth-order valence-corrected chi connectivity index (χ4v) is 1.01. The zero-order chi connectivity index (χ0) is 12.1. The number of carbonyl (C=O) groups excluding carboxylic acids is 2. The number of benzene rings is 1. The maximum Gasteiger partial charge on any atom is 0.337 e. The van der Waals surface area contributed by atoms with Crippen molar-refractivity contribution in [3.05, 3.63) is 29.8 Å². The van der Waals surface area contributed by atoms with Crippen molar-refractivity contribution in [3.8, 4) is 5.75 Å². The van der Waals surface area contributed by atoms with E-state index in [0.717, 1.165) is 0 Å². The van der Waals surface area contributed by atoms with Crippen LogP contribution in [0.3, 0.4) is 0 Å². The van der Waals surface area contributed by atoms with Gasteiger partial charge >= 0.3 is 11.9 Å². The molecule has 1 aromatic rings. The van der Waals surface area contributed by atoms with Crippen LogP contribution in [0, 0.1) is 5.92 Å². The Bertz CT molecular complexity index is 379. The molecule has 0 N–H and O–H groups in total. The second kappa shape index (κ2) is 5.30. The summed E-state index contributed by atoms with van der Waals surface area (Å²) in [5, 5.41) is 0. The molecule has 0 spiro atoms. The van der Waals surface area contributed by atoms with Crippen LogP contribution in [0.15, 0.2) is 24.3 Å². The maximum atomic E-state index is 11.3. The van der Waals surface area contributed by atoms with E-state index in [1.165, 1.54) is 7.11 Å². The van der Waals surface area contributed by atoms with Crippen molar-refractivity contribution in [3.63, 3.8) is 0 Å². The number of hydrogen-bond donors (Lipinski definition) is 0. The molecule has 0 amide bonds. The van der Waals surface area contributed by atoms with E-state index in [9.17, 15) is 9.59 Å². The molecule has 0 unspecified atom stereocenters. The molecular formula is C12H14O4. The van der Waals surface area contributed by atoms with E-state index in [2.05, 4.69) is 4.74 Å². The first kappa shape index (κ1) is 12.2. The molecule has 0 saturated heterocycles. The lowest BCUT2D eigenvalue weighted by Crippen LogP contribution is -2.14. The number of rotatable bonds is 3. The van der Waals surface area contributed by atoms with E-state index in [1.54, 1.807) is 38.1 Å². The van der Waals surface area contributed by atoms with Crippen molar-refractivity contribution in [1.82, 2.24) is 0 Å². The van der Waals surface area contributed by atoms with Crippen LogP contribution in [0.4, 0.5) is 0 Å². The van der Waals surface area contributed by atoms with Crippen molar-refractivity contribution in [1.29, 1.82) is 0 Å². The van der Waals surface area contributed by atoms with Crippen molar-refractivity contribution in [2.45, 2.75) is 13.8 Å². The van der Waals surface area contributed by atoms with E-state index in [0.29, 0.717) is 11.3 Å². The first-order valence-electron chi connectivity index (χ1n) is 4.94. The van der Waals surface area contributed by atoms with Gasteiger partial charge in [0.1, 0.15) is 5.75 Å². The lowest BCUT2D eigenvalue weighted by Gasteiger charge is -2.06. The largest absolute Gasteiger partial charge is 0.465 e. The first-order chi connectivity index (χ1) is 7.54. The average Bonchev–Trinajstić information content (AvgIpc) is 2.28. The van der Waals surface area contributed by atoms with Crippen LogP contribution in [0.5, 0.6) is 5.75 Å². The molecule has 4 heteroatoms. The maximum absolute atomic E-state index is 11.3. The third-order valence-corrected chi connectivity index (χ3v) is 1.97. The monoisotopic (exact) mass is 222 g/mol. The van der Waals surface area contributed by atoms with Gasteiger partial charge in [0.05, 0.1) is 18.6 Å². The highest BCUT2D eigenvalue weighted by Crippen LogP contribution is 2.14. The van der Waals surface area contributed by atoms with Gasteiger partial charge < -0.3 is 9.47 Å². The molecule has 0 saturated carbocycles. The van der Waals surface area contributed by atoms with Crippen molar-refractivity contribution in [2.75, 3.05) is 7.11 Å². The molecule has 4 nitrogen and oxygen atoms in total. The molecule has 86 valence electrons. The van der Waals surface area contributed by atoms with Gasteiger partial charge in [-0.15, -0.1) is 0 Å². The van der Waals surface area contributed by atoms with Crippen LogP contribution in [-0.4, -0.2) is 19.0 Å². The van der Waals surface area contributed by atoms with Crippen LogP contribution in [0.2, 0.25) is 0 Å². The molecule has 1 aromatic carbocycles. The van der Waals surface area contributed by atoms with Gasteiger partial charge in [-0.05, 0) is 24.3 Å². The highest BCUT2D eigenvalue weighted by atomic mass is 16.5. The Morgan fingerprint density at radius 2 is 1.69 bits per heavy atom. The van der Waals surface area contributed by atoms with Crippen molar-refractivity contribution < 1.29 is 19.1 Å². The Morgan fingerprint density at radius 3 is 2.12 bits per heavy atom. The van der Waals surface area contributed by atoms with Gasteiger partial charge in [-0.25, -0.2) is 4.79 Å². The summed E-state index contributed by atoms with van der Waals surface area (Å²) in [5.74, 6) is -0.473. The summed E-state index contributed by atoms with van der Waals surface area (Å²) >= 11 is 0. The van der Waals surface area contributed by atoms with Crippen LogP contribution < -0.4 is 4.74 Å². The van der Waals surface area contributed by atoms with E-state index < -0.39 is 5.97 Å². The summed E-state index contributed by atoms with van der Waals surface area (Å²) in [7, 11) is 1.31. The molecule has 16 heavy (non-hydrogen) atoms. The summed E-state index contributed by atoms with van der Waals surface area (Å²) in [6.45, 7) is 3.51. The minimum atomic E-state index is -0.415. The SMILES string of the molecule is COC(=O)c1ccc(OC(=O)C(C)C)cc1. The van der Waals surface area contributed by atoms with Gasteiger partial charge in [-0.2, -0.15) is 0 Å². The third kappa shape index (κ3) is 3.08. The quantitative estimate of drug-likeness (QED) is 0.580. The molecule has 0 radical (unpaired) electrons. The standard InChI is InChI=1S/C12H14O4/c1-8(2)11(13)16-10-6-4-9(5-7-10)12(14)15-3/h4-8H,1-3H3. The number of ether oxygens (including phenoxy) is 2. The van der Waals surface area contributed by atoms with Crippen molar-refractivity contribution >= 4 is 11.9 Å². The zero-order valence-electron chi connectivity index (χ0n) is 9.52. The second-order valence-electron chi connectivity index (χ2n) is 3.59. The average molecular weight is 222 g/mol. The summed E-state index contributed by atoms with van der Waals surface area (Å²) in [4.78, 5) is 22.4. The molecule has 1 rings (SSSR count). The predicted octanol–water partition coefficient (Wildman–Crippen LogP) is 2.03. The highest BCUT2D eigenvalue weighted by molar-refractivity contribution is 5.89.